The average molecular weight is 403 g/mol. The lowest BCUT2D eigenvalue weighted by Gasteiger charge is -2.34. The molecule has 0 saturated carbocycles. The van der Waals surface area contributed by atoms with Crippen molar-refractivity contribution < 1.29 is 9.32 Å². The van der Waals surface area contributed by atoms with Crippen molar-refractivity contribution in [2.75, 3.05) is 18.0 Å². The number of anilines is 1. The zero-order valence-electron chi connectivity index (χ0n) is 16.9. The number of hydrogen-bond donors (Lipinski definition) is 1. The van der Waals surface area contributed by atoms with E-state index in [0.29, 0.717) is 18.8 Å². The number of carbonyl (C=O) groups is 1. The van der Waals surface area contributed by atoms with Crippen molar-refractivity contribution in [1.29, 1.82) is 0 Å². The molecule has 154 valence electrons. The lowest BCUT2D eigenvalue weighted by atomic mass is 9.96. The fourth-order valence-electron chi connectivity index (χ4n) is 4.43. The predicted octanol–water partition coefficient (Wildman–Crippen LogP) is 3.15. The molecule has 1 amide bonds. The molecule has 2 aromatic heterocycles. The van der Waals surface area contributed by atoms with E-state index in [4.69, 9.17) is 14.5 Å². The zero-order valence-corrected chi connectivity index (χ0v) is 16.9. The van der Waals surface area contributed by atoms with Gasteiger partial charge in [-0.25, -0.2) is 9.97 Å². The maximum absolute atomic E-state index is 12.8. The molecule has 1 aliphatic heterocycles. The van der Waals surface area contributed by atoms with Gasteiger partial charge < -0.3 is 14.7 Å². The van der Waals surface area contributed by atoms with Gasteiger partial charge in [-0.05, 0) is 32.1 Å². The first-order chi connectivity index (χ1) is 14.8. The minimum atomic E-state index is -0.0612. The van der Waals surface area contributed by atoms with Crippen LogP contribution in [0.3, 0.4) is 0 Å². The maximum Gasteiger partial charge on any atom is 0.225 e. The molecule has 3 aromatic rings. The highest BCUT2D eigenvalue weighted by Crippen LogP contribution is 2.33. The molecule has 1 aliphatic carbocycles. The number of aromatic nitrogens is 3. The number of hydrogen-bond acceptors (Lipinski definition) is 6. The summed E-state index contributed by atoms with van der Waals surface area (Å²) in [4.78, 5) is 24.9. The van der Waals surface area contributed by atoms with Gasteiger partial charge in [0.25, 0.3) is 0 Å². The van der Waals surface area contributed by atoms with Crippen molar-refractivity contribution >= 4 is 11.7 Å². The molecule has 2 aliphatic rings. The maximum atomic E-state index is 12.8. The van der Waals surface area contributed by atoms with Crippen molar-refractivity contribution in [1.82, 2.24) is 20.4 Å². The first-order valence-electron chi connectivity index (χ1n) is 10.7. The van der Waals surface area contributed by atoms with E-state index in [0.717, 1.165) is 61.5 Å². The number of amides is 1. The Balaban J connectivity index is 1.37. The Labute approximate surface area is 175 Å². The summed E-state index contributed by atoms with van der Waals surface area (Å²) in [6.07, 6.45) is 6.57. The number of benzene rings is 1. The molecule has 1 fully saturated rings. The number of piperidine rings is 1. The van der Waals surface area contributed by atoms with Crippen molar-refractivity contribution in [2.45, 2.75) is 38.6 Å². The summed E-state index contributed by atoms with van der Waals surface area (Å²) in [6, 6.07) is 11.9. The van der Waals surface area contributed by atoms with Gasteiger partial charge in [0.05, 0.1) is 18.7 Å². The Hall–Kier alpha value is -3.22. The molecule has 1 N–H and O–H groups in total. The second-order valence-electron chi connectivity index (χ2n) is 8.00. The van der Waals surface area contributed by atoms with Crippen molar-refractivity contribution in [3.05, 3.63) is 59.6 Å². The second-order valence-corrected chi connectivity index (χ2v) is 8.00. The molecule has 1 aromatic carbocycles. The van der Waals surface area contributed by atoms with Gasteiger partial charge in [0.1, 0.15) is 5.82 Å². The quantitative estimate of drug-likeness (QED) is 0.705. The fourth-order valence-corrected chi connectivity index (χ4v) is 4.43. The van der Waals surface area contributed by atoms with E-state index >= 15 is 0 Å². The minimum Gasteiger partial charge on any atom is -0.360 e. The Bertz CT molecular complexity index is 1020. The largest absolute Gasteiger partial charge is 0.360 e. The van der Waals surface area contributed by atoms with Crippen LogP contribution in [0.1, 0.15) is 36.3 Å². The third-order valence-corrected chi connectivity index (χ3v) is 5.96. The average Bonchev–Trinajstić information content (AvgIpc) is 3.49. The van der Waals surface area contributed by atoms with E-state index in [1.807, 2.05) is 18.2 Å². The third-order valence-electron chi connectivity index (χ3n) is 5.96. The highest BCUT2D eigenvalue weighted by Gasteiger charge is 2.30. The lowest BCUT2D eigenvalue weighted by Crippen LogP contribution is -2.43. The van der Waals surface area contributed by atoms with Gasteiger partial charge in [-0.3, -0.25) is 4.79 Å². The number of carbonyl (C=O) groups excluding carboxylic acids is 1. The molecule has 0 spiro atoms. The molecule has 0 radical (unpaired) electrons. The third kappa shape index (κ3) is 3.79. The van der Waals surface area contributed by atoms with E-state index < -0.39 is 0 Å². The molecule has 0 bridgehead atoms. The summed E-state index contributed by atoms with van der Waals surface area (Å²) in [5.41, 5.74) is 3.46. The van der Waals surface area contributed by atoms with Gasteiger partial charge in [-0.1, -0.05) is 35.5 Å². The van der Waals surface area contributed by atoms with Crippen molar-refractivity contribution in [2.24, 2.45) is 5.92 Å². The van der Waals surface area contributed by atoms with Crippen LogP contribution in [-0.2, 0) is 24.2 Å². The van der Waals surface area contributed by atoms with E-state index in [1.54, 1.807) is 12.3 Å². The summed E-state index contributed by atoms with van der Waals surface area (Å²) in [6.45, 7) is 1.97. The number of rotatable bonds is 5. The van der Waals surface area contributed by atoms with Crippen LogP contribution in [0.15, 0.2) is 47.1 Å². The number of aryl methyl sites for hydroxylation is 1. The zero-order chi connectivity index (χ0) is 20.3. The summed E-state index contributed by atoms with van der Waals surface area (Å²) in [5.74, 6) is 2.46. The lowest BCUT2D eigenvalue weighted by molar-refractivity contribution is -0.125. The van der Waals surface area contributed by atoms with Crippen LogP contribution in [0, 0.1) is 5.92 Å². The van der Waals surface area contributed by atoms with E-state index in [9.17, 15) is 4.79 Å². The van der Waals surface area contributed by atoms with Crippen LogP contribution < -0.4 is 10.2 Å². The Kier molecular flexibility index (Phi) is 5.17. The van der Waals surface area contributed by atoms with Crippen LogP contribution in [0.25, 0.3) is 11.4 Å². The van der Waals surface area contributed by atoms with Crippen molar-refractivity contribution in [3.63, 3.8) is 0 Å². The standard InChI is InChI=1S/C23H25N5O2/c29-23(24-14-18-11-12-25-30-18)17-8-5-13-28(15-17)22-19-9-4-10-20(19)26-21(27-22)16-6-2-1-3-7-16/h1-3,6-7,11-12,17H,4-5,8-10,13-15H2,(H,24,29). The fraction of sp³-hybridized carbons (Fsp3) is 0.391. The Morgan fingerprint density at radius 3 is 2.87 bits per heavy atom. The van der Waals surface area contributed by atoms with Gasteiger partial charge in [0, 0.05) is 36.0 Å². The molecule has 5 rings (SSSR count). The van der Waals surface area contributed by atoms with Gasteiger partial charge >= 0.3 is 0 Å². The van der Waals surface area contributed by atoms with Crippen LogP contribution in [0.2, 0.25) is 0 Å². The second kappa shape index (κ2) is 8.26. The van der Waals surface area contributed by atoms with Gasteiger partial charge in [-0.2, -0.15) is 0 Å². The summed E-state index contributed by atoms with van der Waals surface area (Å²) < 4.78 is 5.08. The number of fused-ring (bicyclic) bond motifs is 1. The molecule has 3 heterocycles. The monoisotopic (exact) mass is 403 g/mol. The van der Waals surface area contributed by atoms with Gasteiger partial charge in [0.2, 0.25) is 5.91 Å². The highest BCUT2D eigenvalue weighted by molar-refractivity contribution is 5.79. The van der Waals surface area contributed by atoms with Gasteiger partial charge in [-0.15, -0.1) is 0 Å². The molecular formula is C23H25N5O2. The molecule has 1 atom stereocenters. The topological polar surface area (TPSA) is 84.2 Å². The SMILES string of the molecule is O=C(NCc1ccno1)C1CCCN(c2nc(-c3ccccc3)nc3c2CCC3)C1. The minimum absolute atomic E-state index is 0.0603. The van der Waals surface area contributed by atoms with Crippen LogP contribution in [0.5, 0.6) is 0 Å². The first kappa shape index (κ1) is 18.8. The smallest absolute Gasteiger partial charge is 0.225 e. The van der Waals surface area contributed by atoms with E-state index in [-0.39, 0.29) is 11.8 Å². The van der Waals surface area contributed by atoms with Crippen LogP contribution in [-0.4, -0.2) is 34.1 Å². The first-order valence-corrected chi connectivity index (χ1v) is 10.7. The Morgan fingerprint density at radius 2 is 2.03 bits per heavy atom. The van der Waals surface area contributed by atoms with Crippen LogP contribution in [0.4, 0.5) is 5.82 Å². The summed E-state index contributed by atoms with van der Waals surface area (Å²) in [7, 11) is 0. The predicted molar refractivity (Wildman–Crippen MR) is 113 cm³/mol. The molecule has 30 heavy (non-hydrogen) atoms. The van der Waals surface area contributed by atoms with E-state index in [1.165, 1.54) is 5.56 Å². The number of nitrogens with zero attached hydrogens (tertiary/aromatic N) is 4. The Morgan fingerprint density at radius 1 is 1.13 bits per heavy atom. The molecule has 1 unspecified atom stereocenters. The summed E-state index contributed by atoms with van der Waals surface area (Å²) >= 11 is 0. The number of nitrogens with one attached hydrogen (secondary N) is 1. The molecule has 7 heteroatoms. The molecule has 1 saturated heterocycles. The van der Waals surface area contributed by atoms with E-state index in [2.05, 4.69) is 27.5 Å². The van der Waals surface area contributed by atoms with Gasteiger partial charge in [0.15, 0.2) is 11.6 Å². The highest BCUT2D eigenvalue weighted by atomic mass is 16.5. The molecular weight excluding hydrogens is 378 g/mol. The van der Waals surface area contributed by atoms with Crippen LogP contribution >= 0.6 is 0 Å². The normalized spacial score (nSPS) is 18.3. The summed E-state index contributed by atoms with van der Waals surface area (Å²) in [5, 5.41) is 6.67. The molecule has 7 nitrogen and oxygen atoms in total. The van der Waals surface area contributed by atoms with Crippen molar-refractivity contribution in [3.8, 4) is 11.4 Å².